The van der Waals surface area contributed by atoms with Crippen LogP contribution in [0.25, 0.3) is 0 Å². The number of hydrogen-bond donors (Lipinski definition) is 2. The van der Waals surface area contributed by atoms with E-state index in [1.54, 1.807) is 32.9 Å². The van der Waals surface area contributed by atoms with Gasteiger partial charge in [0.2, 0.25) is 0 Å². The van der Waals surface area contributed by atoms with Crippen molar-refractivity contribution in [2.75, 3.05) is 19.7 Å². The van der Waals surface area contributed by atoms with E-state index in [4.69, 9.17) is 15.2 Å². The van der Waals surface area contributed by atoms with E-state index < -0.39 is 29.0 Å². The molecule has 1 aromatic carbocycles. The van der Waals surface area contributed by atoms with Gasteiger partial charge in [-0.3, -0.25) is 0 Å². The molecule has 152 valence electrons. The van der Waals surface area contributed by atoms with E-state index in [1.165, 1.54) is 11.0 Å². The first-order valence-electron chi connectivity index (χ1n) is 9.24. The number of nitrogens with zero attached hydrogens (tertiary/aromatic N) is 1. The fourth-order valence-electron chi connectivity index (χ4n) is 3.21. The lowest BCUT2D eigenvalue weighted by atomic mass is 9.81. The number of carbonyl (C=O) groups is 1. The van der Waals surface area contributed by atoms with Crippen molar-refractivity contribution in [3.05, 3.63) is 35.1 Å². The Morgan fingerprint density at radius 3 is 2.67 bits per heavy atom. The summed E-state index contributed by atoms with van der Waals surface area (Å²) in [5.41, 5.74) is 5.77. The number of nitrogens with two attached hydrogens (primary N) is 1. The molecule has 1 amide bonds. The Labute approximate surface area is 160 Å². The van der Waals surface area contributed by atoms with Crippen LogP contribution in [0.2, 0.25) is 0 Å². The van der Waals surface area contributed by atoms with Gasteiger partial charge in [-0.15, -0.1) is 0 Å². The zero-order valence-electron chi connectivity index (χ0n) is 16.8. The summed E-state index contributed by atoms with van der Waals surface area (Å²) in [7, 11) is 0. The van der Waals surface area contributed by atoms with Crippen LogP contribution in [0.15, 0.2) is 18.2 Å². The van der Waals surface area contributed by atoms with Crippen LogP contribution >= 0.6 is 0 Å². The summed E-state index contributed by atoms with van der Waals surface area (Å²) in [6.07, 6.45) is -0.474. The fraction of sp³-hybridized carbons (Fsp3) is 0.650. The summed E-state index contributed by atoms with van der Waals surface area (Å²) in [4.78, 5) is 13.9. The summed E-state index contributed by atoms with van der Waals surface area (Å²) >= 11 is 0. The largest absolute Gasteiger partial charge is 0.444 e. The topological polar surface area (TPSA) is 85.0 Å². The standard InChI is InChI=1S/C20H31FN2O4/c1-13(2)26-11-14-6-7-17(21)16(8-14)20(22)12-23(9-15(20)10-24)18(25)27-19(3,4)5/h6-8,13,15,24H,9-12,22H2,1-5H3/t15-,20-/m0/s1. The van der Waals surface area contributed by atoms with Gasteiger partial charge in [0, 0.05) is 31.2 Å². The van der Waals surface area contributed by atoms with Crippen molar-refractivity contribution < 1.29 is 23.8 Å². The van der Waals surface area contributed by atoms with Crippen molar-refractivity contribution in [2.24, 2.45) is 11.7 Å². The third-order valence-corrected chi connectivity index (χ3v) is 4.61. The number of aliphatic hydroxyl groups excluding tert-OH is 1. The number of amides is 1. The third-order valence-electron chi connectivity index (χ3n) is 4.61. The molecule has 1 heterocycles. The van der Waals surface area contributed by atoms with Crippen LogP contribution in [-0.2, 0) is 21.6 Å². The minimum atomic E-state index is -1.20. The molecule has 6 nitrogen and oxygen atoms in total. The van der Waals surface area contributed by atoms with Gasteiger partial charge in [-0.2, -0.15) is 0 Å². The monoisotopic (exact) mass is 382 g/mol. The molecule has 3 N–H and O–H groups in total. The van der Waals surface area contributed by atoms with Crippen LogP contribution in [0.4, 0.5) is 9.18 Å². The molecule has 1 saturated heterocycles. The number of ether oxygens (including phenoxy) is 2. The van der Waals surface area contributed by atoms with E-state index in [2.05, 4.69) is 0 Å². The minimum absolute atomic E-state index is 0.0460. The van der Waals surface area contributed by atoms with E-state index in [0.717, 1.165) is 5.56 Å². The highest BCUT2D eigenvalue weighted by Crippen LogP contribution is 2.37. The van der Waals surface area contributed by atoms with Crippen LogP contribution in [0.5, 0.6) is 0 Å². The molecule has 27 heavy (non-hydrogen) atoms. The Hall–Kier alpha value is -1.70. The van der Waals surface area contributed by atoms with Gasteiger partial charge in [0.1, 0.15) is 11.4 Å². The second-order valence-corrected chi connectivity index (χ2v) is 8.45. The molecule has 0 aromatic heterocycles. The Kier molecular flexibility index (Phi) is 6.50. The van der Waals surface area contributed by atoms with E-state index in [1.807, 2.05) is 13.8 Å². The molecule has 2 rings (SSSR count). The predicted molar refractivity (Wildman–Crippen MR) is 101 cm³/mol. The normalized spacial score (nSPS) is 23.1. The molecule has 0 aliphatic carbocycles. The number of halogens is 1. The predicted octanol–water partition coefficient (Wildman–Crippen LogP) is 2.76. The molecule has 0 radical (unpaired) electrons. The number of benzene rings is 1. The number of rotatable bonds is 5. The first kappa shape index (κ1) is 21.6. The molecule has 0 saturated carbocycles. The van der Waals surface area contributed by atoms with Gasteiger partial charge in [0.05, 0.1) is 18.2 Å². The van der Waals surface area contributed by atoms with E-state index in [0.29, 0.717) is 6.61 Å². The van der Waals surface area contributed by atoms with Gasteiger partial charge in [0.15, 0.2) is 0 Å². The molecule has 0 unspecified atom stereocenters. The van der Waals surface area contributed by atoms with Crippen molar-refractivity contribution in [1.29, 1.82) is 0 Å². The van der Waals surface area contributed by atoms with Crippen LogP contribution < -0.4 is 5.73 Å². The van der Waals surface area contributed by atoms with Gasteiger partial charge in [-0.1, -0.05) is 6.07 Å². The highest BCUT2D eigenvalue weighted by Gasteiger charge is 2.48. The summed E-state index contributed by atoms with van der Waals surface area (Å²) in [6.45, 7) is 9.52. The van der Waals surface area contributed by atoms with E-state index in [9.17, 15) is 14.3 Å². The quantitative estimate of drug-likeness (QED) is 0.818. The van der Waals surface area contributed by atoms with Gasteiger partial charge >= 0.3 is 6.09 Å². The SMILES string of the molecule is CC(C)OCc1ccc(F)c([C@]2(N)CN(C(=O)OC(C)(C)C)C[C@H]2CO)c1. The molecule has 1 aliphatic rings. The van der Waals surface area contributed by atoms with Gasteiger partial charge in [-0.25, -0.2) is 9.18 Å². The fourth-order valence-corrected chi connectivity index (χ4v) is 3.21. The Morgan fingerprint density at radius 1 is 1.44 bits per heavy atom. The van der Waals surface area contributed by atoms with Gasteiger partial charge in [0.25, 0.3) is 0 Å². The minimum Gasteiger partial charge on any atom is -0.444 e. The summed E-state index contributed by atoms with van der Waals surface area (Å²) < 4.78 is 25.6. The second-order valence-electron chi connectivity index (χ2n) is 8.45. The van der Waals surface area contributed by atoms with Crippen LogP contribution in [0.3, 0.4) is 0 Å². The molecule has 7 heteroatoms. The molecule has 0 bridgehead atoms. The molecule has 0 spiro atoms. The second kappa shape index (κ2) is 8.12. The maximum absolute atomic E-state index is 14.6. The van der Waals surface area contributed by atoms with Crippen molar-refractivity contribution >= 4 is 6.09 Å². The van der Waals surface area contributed by atoms with Crippen molar-refractivity contribution in [1.82, 2.24) is 4.90 Å². The summed E-state index contributed by atoms with van der Waals surface area (Å²) in [6, 6.07) is 4.67. The molecule has 1 aromatic rings. The smallest absolute Gasteiger partial charge is 0.410 e. The van der Waals surface area contributed by atoms with E-state index in [-0.39, 0.29) is 31.4 Å². The lowest BCUT2D eigenvalue weighted by Gasteiger charge is -2.31. The number of likely N-dealkylation sites (tertiary alicyclic amines) is 1. The van der Waals surface area contributed by atoms with Crippen molar-refractivity contribution in [3.8, 4) is 0 Å². The highest BCUT2D eigenvalue weighted by molar-refractivity contribution is 5.69. The maximum atomic E-state index is 14.6. The number of hydrogen-bond acceptors (Lipinski definition) is 5. The molecular weight excluding hydrogens is 351 g/mol. The first-order valence-corrected chi connectivity index (χ1v) is 9.24. The Bertz CT molecular complexity index is 674. The summed E-state index contributed by atoms with van der Waals surface area (Å²) in [5, 5.41) is 9.83. The van der Waals surface area contributed by atoms with Crippen molar-refractivity contribution in [3.63, 3.8) is 0 Å². The maximum Gasteiger partial charge on any atom is 0.410 e. The van der Waals surface area contributed by atoms with Crippen LogP contribution in [0, 0.1) is 11.7 Å². The lowest BCUT2D eigenvalue weighted by molar-refractivity contribution is 0.0278. The lowest BCUT2D eigenvalue weighted by Crippen LogP contribution is -2.47. The Morgan fingerprint density at radius 2 is 2.11 bits per heavy atom. The first-order chi connectivity index (χ1) is 12.5. The average Bonchev–Trinajstić information content (AvgIpc) is 2.90. The van der Waals surface area contributed by atoms with Crippen LogP contribution in [-0.4, -0.2) is 47.5 Å². The zero-order chi connectivity index (χ0) is 20.4. The molecular formula is C20H31FN2O4. The average molecular weight is 382 g/mol. The van der Waals surface area contributed by atoms with Gasteiger partial charge < -0.3 is 25.2 Å². The zero-order valence-corrected chi connectivity index (χ0v) is 16.8. The van der Waals surface area contributed by atoms with Crippen LogP contribution in [0.1, 0.15) is 45.7 Å². The van der Waals surface area contributed by atoms with E-state index >= 15 is 0 Å². The third kappa shape index (κ3) is 5.18. The number of carbonyl (C=O) groups excluding carboxylic acids is 1. The Balaban J connectivity index is 2.29. The summed E-state index contributed by atoms with van der Waals surface area (Å²) in [5.74, 6) is -0.962. The molecule has 1 aliphatic heterocycles. The number of aliphatic hydroxyl groups is 1. The molecule has 2 atom stereocenters. The van der Waals surface area contributed by atoms with Crippen molar-refractivity contribution in [2.45, 2.75) is 58.5 Å². The van der Waals surface area contributed by atoms with Gasteiger partial charge in [-0.05, 0) is 52.3 Å². The molecule has 1 fully saturated rings. The highest BCUT2D eigenvalue weighted by atomic mass is 19.1.